The molecule has 0 aromatic heterocycles. The summed E-state index contributed by atoms with van der Waals surface area (Å²) in [6.07, 6.45) is 0. The Balaban J connectivity index is 2.32. The molecule has 1 aliphatic carbocycles. The minimum absolute atomic E-state index is 0.111. The fourth-order valence-corrected chi connectivity index (χ4v) is 2.27. The maximum Gasteiger partial charge on any atom is 0.137 e. The van der Waals surface area contributed by atoms with Gasteiger partial charge in [-0.15, -0.1) is 0 Å². The molecule has 0 saturated heterocycles. The van der Waals surface area contributed by atoms with E-state index < -0.39 is 0 Å². The van der Waals surface area contributed by atoms with Crippen LogP contribution in [0.1, 0.15) is 25.3 Å². The van der Waals surface area contributed by atoms with Crippen molar-refractivity contribution >= 4 is 15.9 Å². The van der Waals surface area contributed by atoms with Crippen molar-refractivity contribution in [3.8, 4) is 0 Å². The van der Waals surface area contributed by atoms with Gasteiger partial charge in [0.25, 0.3) is 0 Å². The van der Waals surface area contributed by atoms with E-state index in [1.165, 1.54) is 0 Å². The predicted octanol–water partition coefficient (Wildman–Crippen LogP) is 3.04. The average molecular weight is 258 g/mol. The molecule has 0 unspecified atom stereocenters. The Hall–Kier alpha value is -0.410. The Morgan fingerprint density at radius 3 is 2.43 bits per heavy atom. The zero-order chi connectivity index (χ0) is 10.5. The molecule has 0 bridgehead atoms. The second-order valence-electron chi connectivity index (χ2n) is 4.50. The van der Waals surface area contributed by atoms with Crippen LogP contribution in [0, 0.1) is 11.2 Å². The molecule has 1 aromatic rings. The van der Waals surface area contributed by atoms with Gasteiger partial charge in [-0.1, -0.05) is 19.9 Å². The monoisotopic (exact) mass is 257 g/mol. The van der Waals surface area contributed by atoms with Crippen molar-refractivity contribution in [3.05, 3.63) is 34.1 Å². The molecule has 1 aliphatic rings. The molecule has 0 amide bonds. The van der Waals surface area contributed by atoms with Crippen LogP contribution < -0.4 is 5.73 Å². The first-order chi connectivity index (χ1) is 6.44. The zero-order valence-corrected chi connectivity index (χ0v) is 9.81. The molecule has 1 nitrogen and oxygen atoms in total. The maximum atomic E-state index is 13.3. The van der Waals surface area contributed by atoms with Crippen molar-refractivity contribution in [2.75, 3.05) is 0 Å². The van der Waals surface area contributed by atoms with Crippen LogP contribution in [0.2, 0.25) is 0 Å². The fourth-order valence-electron chi connectivity index (χ4n) is 2.02. The van der Waals surface area contributed by atoms with Crippen LogP contribution in [-0.4, -0.2) is 6.04 Å². The zero-order valence-electron chi connectivity index (χ0n) is 8.22. The quantitative estimate of drug-likeness (QED) is 0.823. The first-order valence-corrected chi connectivity index (χ1v) is 5.44. The van der Waals surface area contributed by atoms with E-state index in [2.05, 4.69) is 29.8 Å². The van der Waals surface area contributed by atoms with Gasteiger partial charge in [0.2, 0.25) is 0 Å². The van der Waals surface area contributed by atoms with E-state index in [4.69, 9.17) is 5.73 Å². The Morgan fingerprint density at radius 2 is 2.00 bits per heavy atom. The van der Waals surface area contributed by atoms with Crippen molar-refractivity contribution in [3.63, 3.8) is 0 Å². The summed E-state index contributed by atoms with van der Waals surface area (Å²) in [7, 11) is 0. The topological polar surface area (TPSA) is 26.0 Å². The van der Waals surface area contributed by atoms with Crippen LogP contribution in [0.3, 0.4) is 0 Å². The number of benzene rings is 1. The third-order valence-corrected chi connectivity index (χ3v) is 3.86. The maximum absolute atomic E-state index is 13.3. The molecule has 0 aliphatic heterocycles. The standard InChI is InChI=1S/C11H13BrFN/c1-11(2)9(10(11)14)6-3-4-7(12)8(13)5-6/h3-5,9-10H,14H2,1-2H3/t9-,10-/m1/s1. The highest BCUT2D eigenvalue weighted by atomic mass is 79.9. The molecule has 0 spiro atoms. The molecule has 2 N–H and O–H groups in total. The molecular formula is C11H13BrFN. The molecule has 76 valence electrons. The van der Waals surface area contributed by atoms with E-state index in [-0.39, 0.29) is 17.3 Å². The summed E-state index contributed by atoms with van der Waals surface area (Å²) in [5.41, 5.74) is 7.04. The number of hydrogen-bond donors (Lipinski definition) is 1. The normalized spacial score (nSPS) is 28.9. The van der Waals surface area contributed by atoms with Crippen LogP contribution >= 0.6 is 15.9 Å². The highest BCUT2D eigenvalue weighted by molar-refractivity contribution is 9.10. The van der Waals surface area contributed by atoms with Gasteiger partial charge < -0.3 is 5.73 Å². The first kappa shape index (κ1) is 10.1. The lowest BCUT2D eigenvalue weighted by atomic mass is 10.0. The smallest absolute Gasteiger partial charge is 0.137 e. The lowest BCUT2D eigenvalue weighted by molar-refractivity contribution is 0.593. The molecule has 1 saturated carbocycles. The van der Waals surface area contributed by atoms with Crippen LogP contribution in [0.5, 0.6) is 0 Å². The summed E-state index contributed by atoms with van der Waals surface area (Å²) < 4.78 is 13.8. The summed E-state index contributed by atoms with van der Waals surface area (Å²) in [6, 6.07) is 5.41. The second-order valence-corrected chi connectivity index (χ2v) is 5.35. The Kier molecular flexibility index (Phi) is 2.20. The van der Waals surface area contributed by atoms with Gasteiger partial charge in [-0.25, -0.2) is 4.39 Å². The first-order valence-electron chi connectivity index (χ1n) is 4.65. The number of halogens is 2. The summed E-state index contributed by atoms with van der Waals surface area (Å²) in [4.78, 5) is 0. The third-order valence-electron chi connectivity index (χ3n) is 3.21. The molecule has 1 fully saturated rings. The van der Waals surface area contributed by atoms with Crippen molar-refractivity contribution < 1.29 is 4.39 Å². The van der Waals surface area contributed by atoms with Gasteiger partial charge in [0.15, 0.2) is 0 Å². The van der Waals surface area contributed by atoms with E-state index in [1.54, 1.807) is 12.1 Å². The number of rotatable bonds is 1. The predicted molar refractivity (Wildman–Crippen MR) is 58.6 cm³/mol. The van der Waals surface area contributed by atoms with Crippen LogP contribution in [0.4, 0.5) is 4.39 Å². The molecule has 0 radical (unpaired) electrons. The van der Waals surface area contributed by atoms with Gasteiger partial charge in [0.1, 0.15) is 5.82 Å². The van der Waals surface area contributed by atoms with Crippen molar-refractivity contribution in [2.24, 2.45) is 11.1 Å². The SMILES string of the molecule is CC1(C)[C@H](N)[C@H]1c1ccc(Br)c(F)c1. The molecule has 2 rings (SSSR count). The van der Waals surface area contributed by atoms with Gasteiger partial charge in [-0.2, -0.15) is 0 Å². The summed E-state index contributed by atoms with van der Waals surface area (Å²) in [5, 5.41) is 0. The van der Waals surface area contributed by atoms with Crippen LogP contribution in [-0.2, 0) is 0 Å². The van der Waals surface area contributed by atoms with E-state index in [0.717, 1.165) is 5.56 Å². The van der Waals surface area contributed by atoms with Gasteiger partial charge in [0, 0.05) is 12.0 Å². The number of nitrogens with two attached hydrogens (primary N) is 1. The van der Waals surface area contributed by atoms with E-state index in [0.29, 0.717) is 10.4 Å². The summed E-state index contributed by atoms with van der Waals surface area (Å²) >= 11 is 3.14. The molecule has 2 atom stereocenters. The highest BCUT2D eigenvalue weighted by Crippen LogP contribution is 2.57. The van der Waals surface area contributed by atoms with E-state index in [1.807, 2.05) is 6.07 Å². The molecule has 0 heterocycles. The highest BCUT2D eigenvalue weighted by Gasteiger charge is 2.56. The van der Waals surface area contributed by atoms with E-state index >= 15 is 0 Å². The third kappa shape index (κ3) is 1.39. The van der Waals surface area contributed by atoms with Gasteiger partial charge >= 0.3 is 0 Å². The lowest BCUT2D eigenvalue weighted by Crippen LogP contribution is -2.06. The number of hydrogen-bond acceptors (Lipinski definition) is 1. The van der Waals surface area contributed by atoms with Gasteiger partial charge in [-0.05, 0) is 39.0 Å². The summed E-state index contributed by atoms with van der Waals surface area (Å²) in [6.45, 7) is 4.23. The molecule has 3 heteroatoms. The molecule has 14 heavy (non-hydrogen) atoms. The van der Waals surface area contributed by atoms with Crippen LogP contribution in [0.25, 0.3) is 0 Å². The minimum Gasteiger partial charge on any atom is -0.327 e. The Morgan fingerprint density at radius 1 is 1.43 bits per heavy atom. The minimum atomic E-state index is -0.211. The fraction of sp³-hybridized carbons (Fsp3) is 0.455. The Bertz CT molecular complexity index is 376. The second kappa shape index (κ2) is 3.04. The van der Waals surface area contributed by atoms with E-state index in [9.17, 15) is 4.39 Å². The molecular weight excluding hydrogens is 245 g/mol. The van der Waals surface area contributed by atoms with Crippen molar-refractivity contribution in [1.82, 2.24) is 0 Å². The van der Waals surface area contributed by atoms with Crippen molar-refractivity contribution in [2.45, 2.75) is 25.8 Å². The van der Waals surface area contributed by atoms with Crippen LogP contribution in [0.15, 0.2) is 22.7 Å². The lowest BCUT2D eigenvalue weighted by Gasteiger charge is -2.03. The van der Waals surface area contributed by atoms with Gasteiger partial charge in [-0.3, -0.25) is 0 Å². The Labute approximate surface area is 91.6 Å². The molecule has 1 aromatic carbocycles. The average Bonchev–Trinajstić information content (AvgIpc) is 2.58. The van der Waals surface area contributed by atoms with Gasteiger partial charge in [0.05, 0.1) is 4.47 Å². The van der Waals surface area contributed by atoms with Crippen molar-refractivity contribution in [1.29, 1.82) is 0 Å². The largest absolute Gasteiger partial charge is 0.327 e. The summed E-state index contributed by atoms with van der Waals surface area (Å²) in [5.74, 6) is 0.0856.